The molecule has 1 heterocycles. The Morgan fingerprint density at radius 2 is 2.60 bits per heavy atom. The number of nitrogens with zero attached hydrogens (tertiary/aromatic N) is 1. The molecule has 0 saturated carbocycles. The van der Waals surface area contributed by atoms with Gasteiger partial charge in [0.15, 0.2) is 5.78 Å². The van der Waals surface area contributed by atoms with E-state index in [1.54, 1.807) is 23.9 Å². The van der Waals surface area contributed by atoms with Crippen molar-refractivity contribution in [3.63, 3.8) is 0 Å². The highest BCUT2D eigenvalue weighted by Crippen LogP contribution is 2.11. The summed E-state index contributed by atoms with van der Waals surface area (Å²) in [5.74, 6) is 1.13. The van der Waals surface area contributed by atoms with Gasteiger partial charge in [-0.25, -0.2) is 0 Å². The summed E-state index contributed by atoms with van der Waals surface area (Å²) in [4.78, 5) is 14.6. The van der Waals surface area contributed by atoms with Gasteiger partial charge >= 0.3 is 0 Å². The lowest BCUT2D eigenvalue weighted by Gasteiger charge is -1.84. The van der Waals surface area contributed by atoms with Gasteiger partial charge in [-0.3, -0.25) is 9.79 Å². The Kier molecular flexibility index (Phi) is 2.68. The van der Waals surface area contributed by atoms with E-state index in [0.717, 1.165) is 17.3 Å². The topological polar surface area (TPSA) is 29.4 Å². The number of ketones is 1. The Morgan fingerprint density at radius 1 is 1.80 bits per heavy atom. The van der Waals surface area contributed by atoms with Gasteiger partial charge in [-0.05, 0) is 19.1 Å². The van der Waals surface area contributed by atoms with Gasteiger partial charge < -0.3 is 0 Å². The standard InChI is InChI=1S/C7H9NOS/c1-6(9)2-3-7-8-4-5-10-7/h2-3H,4-5H2,1H3/b3-2+. The molecule has 3 heteroatoms. The van der Waals surface area contributed by atoms with Crippen molar-refractivity contribution >= 4 is 22.6 Å². The first kappa shape index (κ1) is 7.54. The number of aliphatic imine (C=N–C) groups is 1. The zero-order valence-electron chi connectivity index (χ0n) is 5.83. The Morgan fingerprint density at radius 3 is 3.10 bits per heavy atom. The van der Waals surface area contributed by atoms with Crippen molar-refractivity contribution in [2.75, 3.05) is 12.3 Å². The van der Waals surface area contributed by atoms with E-state index in [1.807, 2.05) is 0 Å². The van der Waals surface area contributed by atoms with E-state index in [0.29, 0.717) is 0 Å². The zero-order valence-corrected chi connectivity index (χ0v) is 6.65. The quantitative estimate of drug-likeness (QED) is 0.562. The van der Waals surface area contributed by atoms with E-state index in [-0.39, 0.29) is 5.78 Å². The van der Waals surface area contributed by atoms with Crippen LogP contribution < -0.4 is 0 Å². The van der Waals surface area contributed by atoms with Crippen LogP contribution in [0, 0.1) is 0 Å². The Hall–Kier alpha value is -0.570. The number of allylic oxidation sites excluding steroid dienone is 1. The first-order valence-electron chi connectivity index (χ1n) is 3.15. The molecule has 2 nitrogen and oxygen atoms in total. The fraction of sp³-hybridized carbons (Fsp3) is 0.429. The van der Waals surface area contributed by atoms with Crippen LogP contribution in [0.4, 0.5) is 0 Å². The molecule has 0 spiro atoms. The largest absolute Gasteiger partial charge is 0.295 e. The second-order valence-electron chi connectivity index (χ2n) is 2.01. The third-order valence-electron chi connectivity index (χ3n) is 1.07. The lowest BCUT2D eigenvalue weighted by molar-refractivity contribution is -0.112. The van der Waals surface area contributed by atoms with Gasteiger partial charge in [-0.1, -0.05) is 0 Å². The van der Waals surface area contributed by atoms with Crippen molar-refractivity contribution in [3.05, 3.63) is 12.2 Å². The third kappa shape index (κ3) is 2.35. The van der Waals surface area contributed by atoms with E-state index in [4.69, 9.17) is 0 Å². The van der Waals surface area contributed by atoms with Crippen molar-refractivity contribution in [2.45, 2.75) is 6.92 Å². The Bertz CT molecular complexity index is 196. The summed E-state index contributed by atoms with van der Waals surface area (Å²) >= 11 is 1.70. The van der Waals surface area contributed by atoms with Gasteiger partial charge in [0, 0.05) is 12.3 Å². The summed E-state index contributed by atoms with van der Waals surface area (Å²) < 4.78 is 0. The van der Waals surface area contributed by atoms with E-state index >= 15 is 0 Å². The molecule has 0 aromatic rings. The Labute approximate surface area is 64.4 Å². The molecule has 0 N–H and O–H groups in total. The maximum Gasteiger partial charge on any atom is 0.152 e. The van der Waals surface area contributed by atoms with Crippen LogP contribution in [0.25, 0.3) is 0 Å². The van der Waals surface area contributed by atoms with Crippen molar-refractivity contribution in [1.82, 2.24) is 0 Å². The molecule has 0 amide bonds. The smallest absolute Gasteiger partial charge is 0.152 e. The SMILES string of the molecule is CC(=O)/C=C/C1=NCCS1. The van der Waals surface area contributed by atoms with Gasteiger partial charge in [-0.15, -0.1) is 11.8 Å². The molecule has 0 unspecified atom stereocenters. The van der Waals surface area contributed by atoms with Crippen LogP contribution in [0.15, 0.2) is 17.1 Å². The fourth-order valence-corrected chi connectivity index (χ4v) is 1.38. The lowest BCUT2D eigenvalue weighted by atomic mass is 10.4. The lowest BCUT2D eigenvalue weighted by Crippen LogP contribution is -1.84. The number of carbonyl (C=O) groups is 1. The summed E-state index contributed by atoms with van der Waals surface area (Å²) in [6, 6.07) is 0. The highest BCUT2D eigenvalue weighted by Gasteiger charge is 2.01. The molecule has 0 aromatic carbocycles. The summed E-state index contributed by atoms with van der Waals surface area (Å²) in [5.41, 5.74) is 0. The summed E-state index contributed by atoms with van der Waals surface area (Å²) in [5, 5.41) is 0.982. The van der Waals surface area contributed by atoms with E-state index in [2.05, 4.69) is 4.99 Å². The minimum absolute atomic E-state index is 0.0789. The third-order valence-corrected chi connectivity index (χ3v) is 2.02. The number of carbonyl (C=O) groups excluding carboxylic acids is 1. The monoisotopic (exact) mass is 155 g/mol. The van der Waals surface area contributed by atoms with E-state index in [9.17, 15) is 4.79 Å². The molecule has 10 heavy (non-hydrogen) atoms. The predicted molar refractivity (Wildman–Crippen MR) is 44.6 cm³/mol. The highest BCUT2D eigenvalue weighted by molar-refractivity contribution is 8.14. The molecule has 0 radical (unpaired) electrons. The van der Waals surface area contributed by atoms with Crippen LogP contribution in [0.3, 0.4) is 0 Å². The zero-order chi connectivity index (χ0) is 7.40. The fourth-order valence-electron chi connectivity index (χ4n) is 0.641. The molecule has 0 atom stereocenters. The molecule has 0 fully saturated rings. The maximum absolute atomic E-state index is 10.4. The molecule has 0 bridgehead atoms. The first-order chi connectivity index (χ1) is 4.79. The predicted octanol–water partition coefficient (Wildman–Crippen LogP) is 1.28. The molecule has 1 rings (SSSR count). The molecule has 1 aliphatic heterocycles. The van der Waals surface area contributed by atoms with Crippen LogP contribution in [-0.4, -0.2) is 23.1 Å². The van der Waals surface area contributed by atoms with Gasteiger partial charge in [0.25, 0.3) is 0 Å². The minimum atomic E-state index is 0.0789. The Balaban J connectivity index is 2.44. The van der Waals surface area contributed by atoms with Gasteiger partial charge in [0.05, 0.1) is 5.04 Å². The van der Waals surface area contributed by atoms with Crippen LogP contribution in [0.1, 0.15) is 6.92 Å². The van der Waals surface area contributed by atoms with Crippen LogP contribution in [0.2, 0.25) is 0 Å². The van der Waals surface area contributed by atoms with Crippen molar-refractivity contribution in [1.29, 1.82) is 0 Å². The summed E-state index contributed by atoms with van der Waals surface area (Å²) in [6.07, 6.45) is 3.33. The molecule has 0 saturated heterocycles. The number of hydrogen-bond donors (Lipinski definition) is 0. The second-order valence-corrected chi connectivity index (χ2v) is 3.13. The van der Waals surface area contributed by atoms with Crippen LogP contribution in [-0.2, 0) is 4.79 Å². The van der Waals surface area contributed by atoms with E-state index in [1.165, 1.54) is 6.92 Å². The van der Waals surface area contributed by atoms with E-state index < -0.39 is 0 Å². The van der Waals surface area contributed by atoms with Gasteiger partial charge in [0.2, 0.25) is 0 Å². The molecular weight excluding hydrogens is 146 g/mol. The van der Waals surface area contributed by atoms with Crippen LogP contribution >= 0.6 is 11.8 Å². The van der Waals surface area contributed by atoms with Gasteiger partial charge in [-0.2, -0.15) is 0 Å². The molecular formula is C7H9NOS. The average molecular weight is 155 g/mol. The second kappa shape index (κ2) is 3.56. The molecule has 0 aliphatic carbocycles. The van der Waals surface area contributed by atoms with Crippen LogP contribution in [0.5, 0.6) is 0 Å². The molecule has 1 aliphatic rings. The summed E-state index contributed by atoms with van der Waals surface area (Å²) in [7, 11) is 0. The minimum Gasteiger partial charge on any atom is -0.295 e. The normalized spacial score (nSPS) is 17.9. The average Bonchev–Trinajstić information content (AvgIpc) is 2.34. The first-order valence-corrected chi connectivity index (χ1v) is 4.13. The molecule has 54 valence electrons. The van der Waals surface area contributed by atoms with Crippen molar-refractivity contribution in [2.24, 2.45) is 4.99 Å². The maximum atomic E-state index is 10.4. The molecule has 0 aromatic heterocycles. The number of hydrogen-bond acceptors (Lipinski definition) is 3. The number of rotatable bonds is 2. The van der Waals surface area contributed by atoms with Crippen molar-refractivity contribution in [3.8, 4) is 0 Å². The summed E-state index contributed by atoms with van der Waals surface area (Å²) in [6.45, 7) is 2.43. The van der Waals surface area contributed by atoms with Gasteiger partial charge in [0.1, 0.15) is 0 Å². The number of thioether (sulfide) groups is 1. The van der Waals surface area contributed by atoms with Crippen molar-refractivity contribution < 1.29 is 4.79 Å². The highest BCUT2D eigenvalue weighted by atomic mass is 32.2.